The predicted octanol–water partition coefficient (Wildman–Crippen LogP) is 3.97. The predicted molar refractivity (Wildman–Crippen MR) is 127 cm³/mol. The van der Waals surface area contributed by atoms with Crippen LogP contribution in [0.4, 0.5) is 4.79 Å². The van der Waals surface area contributed by atoms with Gasteiger partial charge in [-0.05, 0) is 61.0 Å². The molecule has 3 amide bonds. The van der Waals surface area contributed by atoms with Crippen molar-refractivity contribution in [2.45, 2.75) is 25.8 Å². The van der Waals surface area contributed by atoms with Crippen LogP contribution in [0.5, 0.6) is 5.75 Å². The van der Waals surface area contributed by atoms with Crippen LogP contribution in [-0.2, 0) is 16.0 Å². The molecule has 7 nitrogen and oxygen atoms in total. The Bertz CT molecular complexity index is 890. The van der Waals surface area contributed by atoms with Gasteiger partial charge < -0.3 is 24.6 Å². The Balaban J connectivity index is 1.72. The first-order valence-corrected chi connectivity index (χ1v) is 12.0. The normalized spacial score (nSPS) is 15.2. The van der Waals surface area contributed by atoms with Gasteiger partial charge in [-0.25, -0.2) is 4.79 Å². The standard InChI is InChI=1S/C23H30ClN3O4S/c1-3-25-23(29)26(11-4-13-30-2)15-22(28)27-12-9-21-19(10-14-32-21)20(27)16-31-18-7-5-17(24)6-8-18/h5-8,10,14,20H,3-4,9,11-13,15-16H2,1-2H3,(H,25,29)/t20-/m0/s1. The van der Waals surface area contributed by atoms with Gasteiger partial charge in [-0.3, -0.25) is 4.79 Å². The average Bonchev–Trinajstić information content (AvgIpc) is 3.27. The molecule has 1 aliphatic rings. The Kier molecular flexibility index (Phi) is 9.20. The Hall–Kier alpha value is -2.29. The van der Waals surface area contributed by atoms with Crippen molar-refractivity contribution in [3.63, 3.8) is 0 Å². The summed E-state index contributed by atoms with van der Waals surface area (Å²) in [4.78, 5) is 30.5. The van der Waals surface area contributed by atoms with Gasteiger partial charge in [0.2, 0.25) is 5.91 Å². The highest BCUT2D eigenvalue weighted by molar-refractivity contribution is 7.10. The Morgan fingerprint density at radius 3 is 2.78 bits per heavy atom. The number of carbonyl (C=O) groups is 2. The van der Waals surface area contributed by atoms with Crippen LogP contribution >= 0.6 is 22.9 Å². The van der Waals surface area contributed by atoms with Crippen molar-refractivity contribution in [3.05, 3.63) is 51.2 Å². The molecule has 1 aromatic heterocycles. The fourth-order valence-electron chi connectivity index (χ4n) is 3.75. The molecule has 1 aliphatic heterocycles. The number of hydrogen-bond donors (Lipinski definition) is 1. The zero-order chi connectivity index (χ0) is 22.9. The molecule has 0 unspecified atom stereocenters. The first-order chi connectivity index (χ1) is 15.5. The summed E-state index contributed by atoms with van der Waals surface area (Å²) in [6.07, 6.45) is 1.47. The number of rotatable bonds is 10. The largest absolute Gasteiger partial charge is 0.491 e. The van der Waals surface area contributed by atoms with E-state index in [1.54, 1.807) is 35.5 Å². The maximum atomic E-state index is 13.4. The van der Waals surface area contributed by atoms with Gasteiger partial charge >= 0.3 is 6.03 Å². The summed E-state index contributed by atoms with van der Waals surface area (Å²) in [5.41, 5.74) is 1.12. The molecule has 0 fully saturated rings. The van der Waals surface area contributed by atoms with Crippen LogP contribution in [0.25, 0.3) is 0 Å². The van der Waals surface area contributed by atoms with Crippen molar-refractivity contribution in [3.8, 4) is 5.75 Å². The third-order valence-electron chi connectivity index (χ3n) is 5.35. The van der Waals surface area contributed by atoms with Crippen LogP contribution in [0, 0.1) is 0 Å². The van der Waals surface area contributed by atoms with Gasteiger partial charge in [-0.15, -0.1) is 11.3 Å². The topological polar surface area (TPSA) is 71.1 Å². The minimum Gasteiger partial charge on any atom is -0.491 e. The van der Waals surface area contributed by atoms with Gasteiger partial charge in [0.05, 0.1) is 6.04 Å². The van der Waals surface area contributed by atoms with Gasteiger partial charge in [0.25, 0.3) is 0 Å². The van der Waals surface area contributed by atoms with E-state index in [0.717, 1.165) is 12.0 Å². The molecule has 0 saturated heterocycles. The fraction of sp³-hybridized carbons (Fsp3) is 0.478. The van der Waals surface area contributed by atoms with Crippen molar-refractivity contribution in [1.82, 2.24) is 15.1 Å². The lowest BCUT2D eigenvalue weighted by atomic mass is 10.0. The second kappa shape index (κ2) is 12.1. The maximum absolute atomic E-state index is 13.4. The molecule has 0 saturated carbocycles. The molecule has 32 heavy (non-hydrogen) atoms. The Labute approximate surface area is 198 Å². The van der Waals surface area contributed by atoms with E-state index in [4.69, 9.17) is 21.1 Å². The molecule has 0 aliphatic carbocycles. The molecule has 2 heterocycles. The number of hydrogen-bond acceptors (Lipinski definition) is 5. The van der Waals surface area contributed by atoms with Crippen molar-refractivity contribution in [1.29, 1.82) is 0 Å². The third-order valence-corrected chi connectivity index (χ3v) is 6.60. The van der Waals surface area contributed by atoms with Gasteiger partial charge in [-0.1, -0.05) is 11.6 Å². The number of benzene rings is 1. The smallest absolute Gasteiger partial charge is 0.317 e. The molecule has 0 radical (unpaired) electrons. The third kappa shape index (κ3) is 6.37. The highest BCUT2D eigenvalue weighted by atomic mass is 35.5. The van der Waals surface area contributed by atoms with E-state index in [1.165, 1.54) is 4.88 Å². The number of amides is 3. The molecule has 2 aromatic rings. The molecular formula is C23H30ClN3O4S. The molecule has 0 bridgehead atoms. The number of halogens is 1. The number of thiophene rings is 1. The van der Waals surface area contributed by atoms with Crippen LogP contribution in [0.15, 0.2) is 35.7 Å². The van der Waals surface area contributed by atoms with Crippen LogP contribution in [0.2, 0.25) is 5.02 Å². The Morgan fingerprint density at radius 1 is 1.28 bits per heavy atom. The quantitative estimate of drug-likeness (QED) is 0.523. The zero-order valence-electron chi connectivity index (χ0n) is 18.5. The van der Waals surface area contributed by atoms with Crippen molar-refractivity contribution < 1.29 is 19.1 Å². The summed E-state index contributed by atoms with van der Waals surface area (Å²) in [5, 5.41) is 5.50. The minimum absolute atomic E-state index is 0.0203. The zero-order valence-corrected chi connectivity index (χ0v) is 20.1. The summed E-state index contributed by atoms with van der Waals surface area (Å²) in [7, 11) is 1.62. The van der Waals surface area contributed by atoms with E-state index in [-0.39, 0.29) is 24.5 Å². The van der Waals surface area contributed by atoms with Crippen LogP contribution in [-0.4, -0.2) is 68.2 Å². The van der Waals surface area contributed by atoms with E-state index in [2.05, 4.69) is 16.8 Å². The fourth-order valence-corrected chi connectivity index (χ4v) is 4.80. The number of urea groups is 1. The second-order valence-electron chi connectivity index (χ2n) is 7.52. The lowest BCUT2D eigenvalue weighted by Gasteiger charge is -2.37. The molecule has 3 rings (SSSR count). The second-order valence-corrected chi connectivity index (χ2v) is 8.96. The number of ether oxygens (including phenoxy) is 2. The number of carbonyl (C=O) groups excluding carboxylic acids is 2. The van der Waals surface area contributed by atoms with E-state index < -0.39 is 0 Å². The van der Waals surface area contributed by atoms with Crippen molar-refractivity contribution >= 4 is 34.9 Å². The molecule has 0 spiro atoms. The first kappa shape index (κ1) is 24.4. The summed E-state index contributed by atoms with van der Waals surface area (Å²) >= 11 is 7.67. The molecule has 174 valence electrons. The highest BCUT2D eigenvalue weighted by Crippen LogP contribution is 2.34. The average molecular weight is 480 g/mol. The summed E-state index contributed by atoms with van der Waals surface area (Å²) in [6, 6.07) is 8.82. The molecule has 1 aromatic carbocycles. The molecule has 1 N–H and O–H groups in total. The van der Waals surface area contributed by atoms with E-state index in [0.29, 0.717) is 50.0 Å². The Morgan fingerprint density at radius 2 is 2.06 bits per heavy atom. The maximum Gasteiger partial charge on any atom is 0.317 e. The van der Waals surface area contributed by atoms with Gasteiger partial charge in [0.15, 0.2) is 0 Å². The number of methoxy groups -OCH3 is 1. The number of fused-ring (bicyclic) bond motifs is 1. The number of nitrogens with zero attached hydrogens (tertiary/aromatic N) is 2. The lowest BCUT2D eigenvalue weighted by Crippen LogP contribution is -2.50. The van der Waals surface area contributed by atoms with Crippen LogP contribution in [0.3, 0.4) is 0 Å². The van der Waals surface area contributed by atoms with E-state index >= 15 is 0 Å². The minimum atomic E-state index is -0.237. The van der Waals surface area contributed by atoms with Gasteiger partial charge in [0, 0.05) is 43.3 Å². The monoisotopic (exact) mass is 479 g/mol. The van der Waals surface area contributed by atoms with Gasteiger partial charge in [-0.2, -0.15) is 0 Å². The highest BCUT2D eigenvalue weighted by Gasteiger charge is 2.33. The van der Waals surface area contributed by atoms with Crippen LogP contribution < -0.4 is 10.1 Å². The van der Waals surface area contributed by atoms with E-state index in [1.807, 2.05) is 24.0 Å². The van der Waals surface area contributed by atoms with Crippen molar-refractivity contribution in [2.75, 3.05) is 46.5 Å². The summed E-state index contributed by atoms with van der Waals surface area (Å²) in [6.45, 7) is 4.31. The summed E-state index contributed by atoms with van der Waals surface area (Å²) < 4.78 is 11.1. The van der Waals surface area contributed by atoms with Crippen molar-refractivity contribution in [2.24, 2.45) is 0 Å². The molecule has 9 heteroatoms. The van der Waals surface area contributed by atoms with E-state index in [9.17, 15) is 9.59 Å². The SMILES string of the molecule is CCNC(=O)N(CCCOC)CC(=O)N1CCc2sccc2[C@@H]1COc1ccc(Cl)cc1. The van der Waals surface area contributed by atoms with Gasteiger partial charge in [0.1, 0.15) is 18.9 Å². The lowest BCUT2D eigenvalue weighted by molar-refractivity contribution is -0.135. The molecular weight excluding hydrogens is 450 g/mol. The first-order valence-electron chi connectivity index (χ1n) is 10.8. The number of nitrogens with one attached hydrogen (secondary N) is 1. The summed E-state index contributed by atoms with van der Waals surface area (Å²) in [5.74, 6) is 0.614. The molecule has 1 atom stereocenters. The van der Waals surface area contributed by atoms with Crippen LogP contribution in [0.1, 0.15) is 29.8 Å².